The molecule has 2 N–H and O–H groups in total. The number of ether oxygens (including phenoxy) is 2. The molecule has 0 spiro atoms. The van der Waals surface area contributed by atoms with Crippen molar-refractivity contribution in [1.29, 1.82) is 0 Å². The summed E-state index contributed by atoms with van der Waals surface area (Å²) in [4.78, 5) is 50.9. The molecule has 1 fully saturated rings. The van der Waals surface area contributed by atoms with E-state index in [1.165, 1.54) is 49.6 Å². The quantitative estimate of drug-likeness (QED) is 0.332. The van der Waals surface area contributed by atoms with Crippen molar-refractivity contribution < 1.29 is 28.7 Å². The number of urea groups is 1. The number of rotatable bonds is 7. The van der Waals surface area contributed by atoms with Gasteiger partial charge in [0.05, 0.1) is 12.8 Å². The Morgan fingerprint density at radius 3 is 2.24 bits per heavy atom. The second-order valence-corrected chi connectivity index (χ2v) is 8.56. The van der Waals surface area contributed by atoms with Crippen molar-refractivity contribution in [2.24, 2.45) is 0 Å². The molecule has 1 aliphatic heterocycles. The molecule has 0 atom stereocenters. The second-order valence-electron chi connectivity index (χ2n) is 7.69. The average molecular weight is 540 g/mol. The van der Waals surface area contributed by atoms with Gasteiger partial charge in [0.15, 0.2) is 18.1 Å². The molecule has 0 bridgehead atoms. The second kappa shape index (κ2) is 11.2. The number of carbonyl (C=O) groups excluding carboxylic acids is 4. The predicted octanol–water partition coefficient (Wildman–Crippen LogP) is 4.69. The number of hydrogen-bond donors (Lipinski definition) is 2. The summed E-state index contributed by atoms with van der Waals surface area (Å²) in [5.41, 5.74) is 0.989. The summed E-state index contributed by atoms with van der Waals surface area (Å²) in [5, 5.41) is 5.81. The van der Waals surface area contributed by atoms with E-state index in [0.29, 0.717) is 21.3 Å². The number of barbiturate groups is 1. The lowest BCUT2D eigenvalue weighted by molar-refractivity contribution is -0.122. The fourth-order valence-corrected chi connectivity index (χ4v) is 3.67. The largest absolute Gasteiger partial charge is 0.493 e. The van der Waals surface area contributed by atoms with Crippen molar-refractivity contribution >= 4 is 64.4 Å². The maximum atomic E-state index is 13.0. The summed E-state index contributed by atoms with van der Waals surface area (Å²) in [6.07, 6.45) is 1.33. The maximum Gasteiger partial charge on any atom is 0.335 e. The van der Waals surface area contributed by atoms with Gasteiger partial charge in [-0.3, -0.25) is 19.7 Å². The van der Waals surface area contributed by atoms with Gasteiger partial charge in [-0.05, 0) is 72.3 Å². The first-order valence-corrected chi connectivity index (χ1v) is 11.5. The van der Waals surface area contributed by atoms with Crippen molar-refractivity contribution in [3.63, 3.8) is 0 Å². The molecule has 188 valence electrons. The van der Waals surface area contributed by atoms with Gasteiger partial charge >= 0.3 is 6.03 Å². The molecule has 37 heavy (non-hydrogen) atoms. The normalized spacial score (nSPS) is 14.4. The van der Waals surface area contributed by atoms with Gasteiger partial charge in [-0.25, -0.2) is 9.69 Å². The van der Waals surface area contributed by atoms with E-state index < -0.39 is 23.8 Å². The predicted molar refractivity (Wildman–Crippen MR) is 139 cm³/mol. The molecule has 0 unspecified atom stereocenters. The van der Waals surface area contributed by atoms with Crippen molar-refractivity contribution in [2.75, 3.05) is 23.9 Å². The fraction of sp³-hybridized carbons (Fsp3) is 0.0769. The number of imide groups is 2. The minimum atomic E-state index is -0.868. The topological polar surface area (TPSA) is 114 Å². The van der Waals surface area contributed by atoms with Crippen LogP contribution in [0.15, 0.2) is 72.3 Å². The number of halogens is 2. The highest BCUT2D eigenvalue weighted by atomic mass is 35.5. The number of amides is 5. The van der Waals surface area contributed by atoms with Gasteiger partial charge in [0, 0.05) is 15.7 Å². The van der Waals surface area contributed by atoms with Crippen LogP contribution in [-0.4, -0.2) is 37.5 Å². The van der Waals surface area contributed by atoms with Crippen LogP contribution in [-0.2, 0) is 14.4 Å². The molecule has 3 aromatic carbocycles. The number of benzene rings is 3. The minimum absolute atomic E-state index is 0.253. The molecular weight excluding hydrogens is 521 g/mol. The summed E-state index contributed by atoms with van der Waals surface area (Å²) in [6, 6.07) is 16.4. The van der Waals surface area contributed by atoms with Gasteiger partial charge in [0.2, 0.25) is 0 Å². The molecule has 0 aliphatic carbocycles. The molecule has 0 radical (unpaired) electrons. The number of methoxy groups -OCH3 is 1. The molecule has 1 saturated heterocycles. The Morgan fingerprint density at radius 2 is 1.59 bits per heavy atom. The van der Waals surface area contributed by atoms with E-state index in [4.69, 9.17) is 32.7 Å². The van der Waals surface area contributed by atoms with E-state index >= 15 is 0 Å². The van der Waals surface area contributed by atoms with Crippen LogP contribution in [0, 0.1) is 0 Å². The highest BCUT2D eigenvalue weighted by Crippen LogP contribution is 2.30. The molecule has 9 nitrogen and oxygen atoms in total. The number of hydrogen-bond acceptors (Lipinski definition) is 6. The molecule has 11 heteroatoms. The first-order chi connectivity index (χ1) is 17.7. The average Bonchev–Trinajstić information content (AvgIpc) is 2.88. The van der Waals surface area contributed by atoms with E-state index in [2.05, 4.69) is 10.6 Å². The zero-order chi connectivity index (χ0) is 26.5. The zero-order valence-electron chi connectivity index (χ0n) is 19.3. The van der Waals surface area contributed by atoms with Crippen molar-refractivity contribution in [3.05, 3.63) is 87.9 Å². The Labute approximate surface area is 221 Å². The first kappa shape index (κ1) is 25.7. The van der Waals surface area contributed by atoms with Gasteiger partial charge in [0.1, 0.15) is 5.57 Å². The van der Waals surface area contributed by atoms with Crippen LogP contribution in [0.2, 0.25) is 10.0 Å². The van der Waals surface area contributed by atoms with Crippen LogP contribution < -0.4 is 25.0 Å². The summed E-state index contributed by atoms with van der Waals surface area (Å²) >= 11 is 11.7. The van der Waals surface area contributed by atoms with Crippen molar-refractivity contribution in [3.8, 4) is 11.5 Å². The van der Waals surface area contributed by atoms with E-state index in [0.717, 1.165) is 4.90 Å². The summed E-state index contributed by atoms with van der Waals surface area (Å²) in [6.45, 7) is -0.293. The van der Waals surface area contributed by atoms with Gasteiger partial charge < -0.3 is 14.8 Å². The van der Waals surface area contributed by atoms with Gasteiger partial charge in [0.25, 0.3) is 17.7 Å². The van der Waals surface area contributed by atoms with Crippen LogP contribution >= 0.6 is 23.2 Å². The number of nitrogens with one attached hydrogen (secondary N) is 2. The third-order valence-electron chi connectivity index (χ3n) is 5.17. The first-order valence-electron chi connectivity index (χ1n) is 10.8. The van der Waals surface area contributed by atoms with Gasteiger partial charge in [-0.1, -0.05) is 29.3 Å². The Bertz CT molecular complexity index is 1400. The third-order valence-corrected chi connectivity index (χ3v) is 5.68. The van der Waals surface area contributed by atoms with Crippen LogP contribution in [0.1, 0.15) is 5.56 Å². The lowest BCUT2D eigenvalue weighted by atomic mass is 10.1. The number of carbonyl (C=O) groups is 4. The molecule has 5 amide bonds. The Hall–Kier alpha value is -4.34. The monoisotopic (exact) mass is 539 g/mol. The molecule has 3 aromatic rings. The highest BCUT2D eigenvalue weighted by Gasteiger charge is 2.36. The Kier molecular flexibility index (Phi) is 7.76. The minimum Gasteiger partial charge on any atom is -0.493 e. The zero-order valence-corrected chi connectivity index (χ0v) is 20.8. The van der Waals surface area contributed by atoms with Gasteiger partial charge in [-0.2, -0.15) is 0 Å². The Morgan fingerprint density at radius 1 is 0.946 bits per heavy atom. The summed E-state index contributed by atoms with van der Waals surface area (Å²) in [7, 11) is 1.41. The summed E-state index contributed by atoms with van der Waals surface area (Å²) in [5.74, 6) is -1.49. The van der Waals surface area contributed by atoms with Crippen LogP contribution in [0.4, 0.5) is 16.2 Å². The lowest BCUT2D eigenvalue weighted by Crippen LogP contribution is -2.54. The fourth-order valence-electron chi connectivity index (χ4n) is 3.42. The smallest absolute Gasteiger partial charge is 0.335 e. The summed E-state index contributed by atoms with van der Waals surface area (Å²) < 4.78 is 10.9. The van der Waals surface area contributed by atoms with Crippen molar-refractivity contribution in [1.82, 2.24) is 5.32 Å². The number of anilines is 2. The van der Waals surface area contributed by atoms with E-state index in [-0.39, 0.29) is 29.4 Å². The van der Waals surface area contributed by atoms with E-state index in [1.807, 2.05) is 0 Å². The van der Waals surface area contributed by atoms with Crippen LogP contribution in [0.3, 0.4) is 0 Å². The van der Waals surface area contributed by atoms with E-state index in [1.54, 1.807) is 30.3 Å². The molecule has 1 aliphatic rings. The Balaban J connectivity index is 1.50. The van der Waals surface area contributed by atoms with Gasteiger partial charge in [-0.15, -0.1) is 0 Å². The van der Waals surface area contributed by atoms with Crippen LogP contribution in [0.5, 0.6) is 11.5 Å². The molecule has 4 rings (SSSR count). The molecule has 1 heterocycles. The molecular formula is C26H19Cl2N3O6. The molecule has 0 saturated carbocycles. The van der Waals surface area contributed by atoms with Crippen molar-refractivity contribution in [2.45, 2.75) is 0 Å². The van der Waals surface area contributed by atoms with Crippen LogP contribution in [0.25, 0.3) is 6.08 Å². The third kappa shape index (κ3) is 6.08. The number of nitrogens with zero attached hydrogens (tertiary/aromatic N) is 1. The van der Waals surface area contributed by atoms with E-state index in [9.17, 15) is 19.2 Å². The highest BCUT2D eigenvalue weighted by molar-refractivity contribution is 6.39. The molecule has 0 aromatic heterocycles. The standard InChI is InChI=1S/C26H19Cl2N3O6/c1-36-22-13-15(2-11-21(22)37-14-23(32)29-18-7-3-16(27)4-8-18)12-20-24(33)30-26(35)31(25(20)34)19-9-5-17(28)6-10-19/h2-13H,14H2,1H3,(H,29,32)(H,30,33,35)/b20-12+. The SMILES string of the molecule is COc1cc(/C=C2\C(=O)NC(=O)N(c3ccc(Cl)cc3)C2=O)ccc1OCC(=O)Nc1ccc(Cl)cc1. The lowest BCUT2D eigenvalue weighted by Gasteiger charge is -2.26. The maximum absolute atomic E-state index is 13.0.